The second kappa shape index (κ2) is 6.60. The number of anilines is 2. The summed E-state index contributed by atoms with van der Waals surface area (Å²) in [6.45, 7) is 1.72. The van der Waals surface area contributed by atoms with Crippen molar-refractivity contribution in [1.29, 1.82) is 0 Å². The Labute approximate surface area is 142 Å². The monoisotopic (exact) mass is 341 g/mol. The highest BCUT2D eigenvalue weighted by molar-refractivity contribution is 5.97. The lowest BCUT2D eigenvalue weighted by molar-refractivity contribution is -0.384. The molecule has 8 heteroatoms. The van der Waals surface area contributed by atoms with Gasteiger partial charge in [-0.1, -0.05) is 18.2 Å². The summed E-state index contributed by atoms with van der Waals surface area (Å²) in [5, 5.41) is 16.4. The van der Waals surface area contributed by atoms with Gasteiger partial charge in [-0.15, -0.1) is 0 Å². The molecule has 0 saturated heterocycles. The number of ether oxygens (including phenoxy) is 1. The molecular weight excluding hydrogens is 326 g/mol. The SMILES string of the molecule is Cc1ccc([N+](=O)[O-])cc1NC(=O)CC1Nc2ccccc2OC1=O. The van der Waals surface area contributed by atoms with E-state index in [1.807, 2.05) is 0 Å². The number of nitro groups is 1. The molecular formula is C17H15N3O5. The van der Waals surface area contributed by atoms with Crippen LogP contribution in [-0.2, 0) is 9.59 Å². The highest BCUT2D eigenvalue weighted by Gasteiger charge is 2.29. The number of para-hydroxylation sites is 2. The highest BCUT2D eigenvalue weighted by Crippen LogP contribution is 2.29. The van der Waals surface area contributed by atoms with Gasteiger partial charge in [-0.25, -0.2) is 4.79 Å². The van der Waals surface area contributed by atoms with Gasteiger partial charge in [0.05, 0.1) is 22.7 Å². The minimum absolute atomic E-state index is 0.120. The van der Waals surface area contributed by atoms with Crippen molar-refractivity contribution < 1.29 is 19.2 Å². The van der Waals surface area contributed by atoms with Crippen LogP contribution in [0.4, 0.5) is 17.1 Å². The maximum atomic E-state index is 12.2. The first-order valence-electron chi connectivity index (χ1n) is 7.56. The number of nitro benzene ring substituents is 1. The third-order valence-electron chi connectivity index (χ3n) is 3.81. The molecule has 0 aliphatic carbocycles. The lowest BCUT2D eigenvalue weighted by Crippen LogP contribution is -2.39. The van der Waals surface area contributed by atoms with Crippen LogP contribution in [0.1, 0.15) is 12.0 Å². The van der Waals surface area contributed by atoms with Crippen LogP contribution in [0.2, 0.25) is 0 Å². The van der Waals surface area contributed by atoms with E-state index in [2.05, 4.69) is 10.6 Å². The van der Waals surface area contributed by atoms with Gasteiger partial charge in [-0.05, 0) is 24.6 Å². The van der Waals surface area contributed by atoms with E-state index in [1.54, 1.807) is 37.3 Å². The number of carbonyl (C=O) groups is 2. The Bertz CT molecular complexity index is 865. The molecule has 25 heavy (non-hydrogen) atoms. The first-order valence-corrected chi connectivity index (χ1v) is 7.56. The van der Waals surface area contributed by atoms with Crippen molar-refractivity contribution in [2.45, 2.75) is 19.4 Å². The van der Waals surface area contributed by atoms with Crippen LogP contribution in [0.5, 0.6) is 5.75 Å². The van der Waals surface area contributed by atoms with Crippen LogP contribution in [-0.4, -0.2) is 22.8 Å². The number of esters is 1. The number of hydrogen-bond donors (Lipinski definition) is 2. The van der Waals surface area contributed by atoms with E-state index in [0.717, 1.165) is 0 Å². The van der Waals surface area contributed by atoms with Gasteiger partial charge in [-0.3, -0.25) is 14.9 Å². The van der Waals surface area contributed by atoms with Crippen LogP contribution >= 0.6 is 0 Å². The van der Waals surface area contributed by atoms with Gasteiger partial charge in [0, 0.05) is 12.1 Å². The molecule has 0 fully saturated rings. The molecule has 0 saturated carbocycles. The Morgan fingerprint density at radius 2 is 2.08 bits per heavy atom. The molecule has 0 bridgehead atoms. The van der Waals surface area contributed by atoms with E-state index in [4.69, 9.17) is 4.74 Å². The van der Waals surface area contributed by atoms with E-state index in [-0.39, 0.29) is 12.1 Å². The average Bonchev–Trinajstić information content (AvgIpc) is 2.57. The molecule has 2 N–H and O–H groups in total. The largest absolute Gasteiger partial charge is 0.423 e. The molecule has 0 spiro atoms. The number of rotatable bonds is 4. The number of benzene rings is 2. The summed E-state index contributed by atoms with van der Waals surface area (Å²) in [7, 11) is 0. The second-order valence-corrected chi connectivity index (χ2v) is 5.62. The number of fused-ring (bicyclic) bond motifs is 1. The minimum atomic E-state index is -0.825. The fraction of sp³-hybridized carbons (Fsp3) is 0.176. The fourth-order valence-corrected chi connectivity index (χ4v) is 2.48. The van der Waals surface area contributed by atoms with Crippen molar-refractivity contribution in [3.05, 3.63) is 58.1 Å². The van der Waals surface area contributed by atoms with E-state index >= 15 is 0 Å². The van der Waals surface area contributed by atoms with Crippen molar-refractivity contribution in [3.63, 3.8) is 0 Å². The minimum Gasteiger partial charge on any atom is -0.423 e. The number of amides is 1. The predicted octanol–water partition coefficient (Wildman–Crippen LogP) is 2.63. The summed E-state index contributed by atoms with van der Waals surface area (Å²) in [6, 6.07) is 10.3. The molecule has 2 aromatic carbocycles. The van der Waals surface area contributed by atoms with Gasteiger partial charge in [0.15, 0.2) is 5.75 Å². The fourth-order valence-electron chi connectivity index (χ4n) is 2.48. The molecule has 1 aliphatic rings. The second-order valence-electron chi connectivity index (χ2n) is 5.62. The van der Waals surface area contributed by atoms with Gasteiger partial charge in [-0.2, -0.15) is 0 Å². The van der Waals surface area contributed by atoms with Crippen LogP contribution in [0.15, 0.2) is 42.5 Å². The molecule has 0 aromatic heterocycles. The molecule has 2 aromatic rings. The van der Waals surface area contributed by atoms with Gasteiger partial charge in [0.25, 0.3) is 5.69 Å². The molecule has 3 rings (SSSR count). The summed E-state index contributed by atoms with van der Waals surface area (Å²) < 4.78 is 5.20. The van der Waals surface area contributed by atoms with Gasteiger partial charge >= 0.3 is 5.97 Å². The Hall–Kier alpha value is -3.42. The van der Waals surface area contributed by atoms with Crippen molar-refractivity contribution in [2.75, 3.05) is 10.6 Å². The van der Waals surface area contributed by atoms with E-state index in [0.29, 0.717) is 22.7 Å². The Kier molecular flexibility index (Phi) is 4.34. The quantitative estimate of drug-likeness (QED) is 0.383. The first-order chi connectivity index (χ1) is 11.9. The Balaban J connectivity index is 1.70. The van der Waals surface area contributed by atoms with Crippen molar-refractivity contribution in [1.82, 2.24) is 0 Å². The van der Waals surface area contributed by atoms with Crippen LogP contribution < -0.4 is 15.4 Å². The summed E-state index contributed by atoms with van der Waals surface area (Å²) in [5.41, 5.74) is 1.53. The molecule has 1 amide bonds. The highest BCUT2D eigenvalue weighted by atomic mass is 16.6. The molecule has 1 unspecified atom stereocenters. The van der Waals surface area contributed by atoms with Crippen LogP contribution in [0.3, 0.4) is 0 Å². The number of nitrogens with one attached hydrogen (secondary N) is 2. The molecule has 1 heterocycles. The lowest BCUT2D eigenvalue weighted by Gasteiger charge is -2.25. The Morgan fingerprint density at radius 1 is 1.32 bits per heavy atom. The molecule has 0 radical (unpaired) electrons. The molecule has 8 nitrogen and oxygen atoms in total. The number of carbonyl (C=O) groups excluding carboxylic acids is 2. The Morgan fingerprint density at radius 3 is 2.84 bits per heavy atom. The van der Waals surface area contributed by atoms with Gasteiger partial charge in [0.1, 0.15) is 6.04 Å². The number of hydrogen-bond acceptors (Lipinski definition) is 6. The average molecular weight is 341 g/mol. The summed E-state index contributed by atoms with van der Waals surface area (Å²) >= 11 is 0. The molecule has 128 valence electrons. The van der Waals surface area contributed by atoms with Gasteiger partial charge < -0.3 is 15.4 Å². The summed E-state index contributed by atoms with van der Waals surface area (Å²) in [4.78, 5) is 34.6. The zero-order valence-corrected chi connectivity index (χ0v) is 13.3. The van der Waals surface area contributed by atoms with Gasteiger partial charge in [0.2, 0.25) is 5.91 Å². The van der Waals surface area contributed by atoms with Crippen LogP contribution in [0, 0.1) is 17.0 Å². The maximum Gasteiger partial charge on any atom is 0.334 e. The number of nitrogens with zero attached hydrogens (tertiary/aromatic N) is 1. The van der Waals surface area contributed by atoms with E-state index < -0.39 is 22.8 Å². The van der Waals surface area contributed by atoms with Crippen LogP contribution in [0.25, 0.3) is 0 Å². The topological polar surface area (TPSA) is 111 Å². The first kappa shape index (κ1) is 16.4. The lowest BCUT2D eigenvalue weighted by atomic mass is 10.1. The zero-order valence-electron chi connectivity index (χ0n) is 13.3. The standard InChI is InChI=1S/C17H15N3O5/c1-10-6-7-11(20(23)24)8-13(10)19-16(21)9-14-17(22)25-15-5-3-2-4-12(15)18-14/h2-8,14,18H,9H2,1H3,(H,19,21). The molecule has 1 aliphatic heterocycles. The van der Waals surface area contributed by atoms with Crippen molar-refractivity contribution in [3.8, 4) is 5.75 Å². The summed E-state index contributed by atoms with van der Waals surface area (Å²) in [6.07, 6.45) is -0.157. The third kappa shape index (κ3) is 3.57. The van der Waals surface area contributed by atoms with E-state index in [9.17, 15) is 19.7 Å². The van der Waals surface area contributed by atoms with E-state index in [1.165, 1.54) is 12.1 Å². The number of aryl methyl sites for hydroxylation is 1. The smallest absolute Gasteiger partial charge is 0.334 e. The van der Waals surface area contributed by atoms with Crippen molar-refractivity contribution >= 4 is 28.9 Å². The summed E-state index contributed by atoms with van der Waals surface area (Å²) in [5.74, 6) is -0.583. The third-order valence-corrected chi connectivity index (χ3v) is 3.81. The number of non-ortho nitro benzene ring substituents is 1. The van der Waals surface area contributed by atoms with Crippen molar-refractivity contribution in [2.24, 2.45) is 0 Å². The molecule has 1 atom stereocenters. The zero-order chi connectivity index (χ0) is 18.0. The maximum absolute atomic E-state index is 12.2. The predicted molar refractivity (Wildman–Crippen MR) is 90.6 cm³/mol. The normalized spacial score (nSPS) is 15.6.